The van der Waals surface area contributed by atoms with Crippen LogP contribution in [0, 0.1) is 16.0 Å². The predicted molar refractivity (Wildman–Crippen MR) is 98.5 cm³/mol. The van der Waals surface area contributed by atoms with Gasteiger partial charge < -0.3 is 5.32 Å². The number of hydrogen-bond donors (Lipinski definition) is 3. The van der Waals surface area contributed by atoms with E-state index in [1.54, 1.807) is 0 Å². The molecule has 0 saturated carbocycles. The van der Waals surface area contributed by atoms with Gasteiger partial charge in [-0.2, -0.15) is 0 Å². The van der Waals surface area contributed by atoms with Crippen LogP contribution in [-0.2, 0) is 11.2 Å². The number of nitrogens with zero attached hydrogens (tertiary/aromatic N) is 3. The summed E-state index contributed by atoms with van der Waals surface area (Å²) >= 11 is 0. The monoisotopic (exact) mass is 358 g/mol. The average Bonchev–Trinajstić information content (AvgIpc) is 2.60. The third-order valence-corrected chi connectivity index (χ3v) is 3.55. The summed E-state index contributed by atoms with van der Waals surface area (Å²) in [7, 11) is 0. The summed E-state index contributed by atoms with van der Waals surface area (Å²) in [6.45, 7) is 4.67. The average molecular weight is 358 g/mol. The van der Waals surface area contributed by atoms with Gasteiger partial charge in [0.1, 0.15) is 6.33 Å². The number of rotatable bonds is 9. The molecule has 0 aliphatic rings. The first kappa shape index (κ1) is 19.1. The van der Waals surface area contributed by atoms with E-state index in [0.717, 1.165) is 12.0 Å². The van der Waals surface area contributed by atoms with E-state index in [0.29, 0.717) is 12.5 Å². The maximum Gasteiger partial charge on any atom is 0.354 e. The molecule has 0 bridgehead atoms. The van der Waals surface area contributed by atoms with E-state index < -0.39 is 4.92 Å². The number of amides is 1. The van der Waals surface area contributed by atoms with Gasteiger partial charge in [0.25, 0.3) is 0 Å². The molecule has 1 aromatic heterocycles. The molecular weight excluding hydrogens is 336 g/mol. The summed E-state index contributed by atoms with van der Waals surface area (Å²) in [5.74, 6) is 0.167. The van der Waals surface area contributed by atoms with Gasteiger partial charge in [-0.15, -0.1) is 0 Å². The maximum atomic E-state index is 12.0. The van der Waals surface area contributed by atoms with Crippen LogP contribution < -0.4 is 16.2 Å². The van der Waals surface area contributed by atoms with E-state index in [4.69, 9.17) is 0 Å². The zero-order chi connectivity index (χ0) is 18.9. The van der Waals surface area contributed by atoms with Crippen LogP contribution in [0.15, 0.2) is 36.7 Å². The van der Waals surface area contributed by atoms with Crippen LogP contribution in [0.25, 0.3) is 0 Å². The van der Waals surface area contributed by atoms with E-state index in [9.17, 15) is 14.9 Å². The summed E-state index contributed by atoms with van der Waals surface area (Å²) in [5, 5.41) is 14.4. The first-order valence-corrected chi connectivity index (χ1v) is 8.29. The van der Waals surface area contributed by atoms with Crippen LogP contribution in [-0.4, -0.2) is 27.3 Å². The number of carbonyl (C=O) groups excluding carboxylic acids is 1. The normalized spacial score (nSPS) is 10.4. The van der Waals surface area contributed by atoms with E-state index >= 15 is 0 Å². The van der Waals surface area contributed by atoms with Gasteiger partial charge in [0, 0.05) is 6.54 Å². The van der Waals surface area contributed by atoms with Crippen molar-refractivity contribution in [3.8, 4) is 0 Å². The number of benzene rings is 1. The molecule has 0 saturated heterocycles. The largest absolute Gasteiger partial charge is 0.364 e. The quantitative estimate of drug-likeness (QED) is 0.465. The smallest absolute Gasteiger partial charge is 0.354 e. The number of aromatic nitrogens is 2. The lowest BCUT2D eigenvalue weighted by Crippen LogP contribution is -2.31. The molecule has 2 rings (SSSR count). The first-order chi connectivity index (χ1) is 12.5. The van der Waals surface area contributed by atoms with Crippen LogP contribution in [0.3, 0.4) is 0 Å². The summed E-state index contributed by atoms with van der Waals surface area (Å²) in [6, 6.07) is 9.17. The summed E-state index contributed by atoms with van der Waals surface area (Å²) in [4.78, 5) is 30.6. The first-order valence-electron chi connectivity index (χ1n) is 8.29. The number of hydrazine groups is 1. The number of nitro groups is 1. The van der Waals surface area contributed by atoms with Gasteiger partial charge in [0.2, 0.25) is 17.5 Å². The topological polar surface area (TPSA) is 122 Å². The minimum atomic E-state index is -0.580. The minimum absolute atomic E-state index is 0.0709. The Kier molecular flexibility index (Phi) is 6.84. The van der Waals surface area contributed by atoms with E-state index in [1.807, 2.05) is 30.3 Å². The molecule has 0 atom stereocenters. The second kappa shape index (κ2) is 9.30. The third kappa shape index (κ3) is 5.69. The molecule has 1 heterocycles. The Morgan fingerprint density at radius 1 is 1.19 bits per heavy atom. The van der Waals surface area contributed by atoms with Crippen molar-refractivity contribution in [1.82, 2.24) is 15.4 Å². The molecule has 26 heavy (non-hydrogen) atoms. The highest BCUT2D eigenvalue weighted by atomic mass is 16.6. The molecule has 0 aliphatic heterocycles. The van der Waals surface area contributed by atoms with Gasteiger partial charge >= 0.3 is 5.69 Å². The second-order valence-corrected chi connectivity index (χ2v) is 6.12. The number of anilines is 2. The van der Waals surface area contributed by atoms with Crippen molar-refractivity contribution in [2.75, 3.05) is 17.3 Å². The zero-order valence-corrected chi connectivity index (χ0v) is 14.7. The summed E-state index contributed by atoms with van der Waals surface area (Å²) in [5.41, 5.74) is 5.48. The van der Waals surface area contributed by atoms with Crippen LogP contribution in [0.5, 0.6) is 0 Å². The second-order valence-electron chi connectivity index (χ2n) is 6.12. The van der Waals surface area contributed by atoms with Crippen LogP contribution >= 0.6 is 0 Å². The molecule has 3 N–H and O–H groups in total. The SMILES string of the molecule is CC(C)CCNc1ncnc(NNC(=O)Cc2ccccc2)c1[N+](=O)[O-]. The fraction of sp³-hybridized carbons (Fsp3) is 0.353. The lowest BCUT2D eigenvalue weighted by molar-refractivity contribution is -0.383. The highest BCUT2D eigenvalue weighted by Gasteiger charge is 2.23. The highest BCUT2D eigenvalue weighted by molar-refractivity contribution is 5.80. The molecule has 0 unspecified atom stereocenters. The Morgan fingerprint density at radius 3 is 2.54 bits per heavy atom. The number of nitrogens with one attached hydrogen (secondary N) is 3. The molecule has 9 nitrogen and oxygen atoms in total. The third-order valence-electron chi connectivity index (χ3n) is 3.55. The Labute approximate surface area is 151 Å². The van der Waals surface area contributed by atoms with E-state index in [2.05, 4.69) is 40.0 Å². The Morgan fingerprint density at radius 2 is 1.88 bits per heavy atom. The van der Waals surface area contributed by atoms with Crippen molar-refractivity contribution in [2.45, 2.75) is 26.7 Å². The lowest BCUT2D eigenvalue weighted by atomic mass is 10.1. The van der Waals surface area contributed by atoms with Crippen LogP contribution in [0.4, 0.5) is 17.3 Å². The Hall–Kier alpha value is -3.23. The molecule has 0 fully saturated rings. The number of hydrogen-bond acceptors (Lipinski definition) is 7. The molecule has 0 radical (unpaired) electrons. The van der Waals surface area contributed by atoms with Crippen molar-refractivity contribution >= 4 is 23.2 Å². The maximum absolute atomic E-state index is 12.0. The van der Waals surface area contributed by atoms with Gasteiger partial charge in [0.05, 0.1) is 11.3 Å². The van der Waals surface area contributed by atoms with Crippen molar-refractivity contribution in [3.63, 3.8) is 0 Å². The van der Waals surface area contributed by atoms with Gasteiger partial charge in [-0.25, -0.2) is 9.97 Å². The zero-order valence-electron chi connectivity index (χ0n) is 14.7. The summed E-state index contributed by atoms with van der Waals surface area (Å²) in [6.07, 6.45) is 2.19. The number of carbonyl (C=O) groups is 1. The predicted octanol–water partition coefficient (Wildman–Crippen LogP) is 2.53. The highest BCUT2D eigenvalue weighted by Crippen LogP contribution is 2.28. The van der Waals surface area contributed by atoms with Gasteiger partial charge in [0.15, 0.2) is 0 Å². The molecule has 0 aliphatic carbocycles. The molecular formula is C17H22N6O3. The van der Waals surface area contributed by atoms with Crippen molar-refractivity contribution in [1.29, 1.82) is 0 Å². The van der Waals surface area contributed by atoms with Crippen molar-refractivity contribution < 1.29 is 9.72 Å². The van der Waals surface area contributed by atoms with Crippen LogP contribution in [0.1, 0.15) is 25.8 Å². The molecule has 1 aromatic carbocycles. The van der Waals surface area contributed by atoms with Crippen molar-refractivity contribution in [3.05, 3.63) is 52.3 Å². The van der Waals surface area contributed by atoms with Gasteiger partial charge in [-0.05, 0) is 17.9 Å². The summed E-state index contributed by atoms with van der Waals surface area (Å²) < 4.78 is 0. The Balaban J connectivity index is 2.03. The fourth-order valence-electron chi connectivity index (χ4n) is 2.21. The molecule has 0 spiro atoms. The lowest BCUT2D eigenvalue weighted by Gasteiger charge is -2.11. The molecule has 138 valence electrons. The van der Waals surface area contributed by atoms with E-state index in [1.165, 1.54) is 6.33 Å². The van der Waals surface area contributed by atoms with Gasteiger partial charge in [-0.1, -0.05) is 44.2 Å². The fourth-order valence-corrected chi connectivity index (χ4v) is 2.21. The van der Waals surface area contributed by atoms with E-state index in [-0.39, 0.29) is 29.7 Å². The molecule has 1 amide bonds. The molecule has 9 heteroatoms. The van der Waals surface area contributed by atoms with Gasteiger partial charge in [-0.3, -0.25) is 25.8 Å². The Bertz CT molecular complexity index is 751. The van der Waals surface area contributed by atoms with Crippen molar-refractivity contribution in [2.24, 2.45) is 5.92 Å². The van der Waals surface area contributed by atoms with Crippen LogP contribution in [0.2, 0.25) is 0 Å². The molecule has 2 aromatic rings. The standard InChI is InChI=1S/C17H22N6O3/c1-12(2)8-9-18-16-15(23(25)26)17(20-11-19-16)22-21-14(24)10-13-6-4-3-5-7-13/h3-7,11-12H,8-10H2,1-2H3,(H,21,24)(H2,18,19,20,22). The minimum Gasteiger partial charge on any atom is -0.364 e.